The molecule has 4 nitrogen and oxygen atoms in total. The Morgan fingerprint density at radius 3 is 2.80 bits per heavy atom. The van der Waals surface area contributed by atoms with E-state index in [-0.39, 0.29) is 24.8 Å². The SMILES string of the molecule is O=C(C=Cc1ccco1)NCC#CCOc1cccc(C(F)(F)F)c1. The van der Waals surface area contributed by atoms with Crippen molar-refractivity contribution in [3.05, 3.63) is 60.1 Å². The quantitative estimate of drug-likeness (QED) is 0.664. The molecule has 0 saturated carbocycles. The van der Waals surface area contributed by atoms with Crippen LogP contribution >= 0.6 is 0 Å². The normalized spacial score (nSPS) is 11.0. The number of furan rings is 1. The van der Waals surface area contributed by atoms with Crippen LogP contribution < -0.4 is 10.1 Å². The summed E-state index contributed by atoms with van der Waals surface area (Å²) >= 11 is 0. The van der Waals surface area contributed by atoms with Crippen LogP contribution in [-0.2, 0) is 11.0 Å². The van der Waals surface area contributed by atoms with Gasteiger partial charge in [-0.15, -0.1) is 0 Å². The summed E-state index contributed by atoms with van der Waals surface area (Å²) < 4.78 is 47.8. The number of alkyl halides is 3. The van der Waals surface area contributed by atoms with Gasteiger partial charge in [0.1, 0.15) is 18.1 Å². The first kappa shape index (κ1) is 18.2. The topological polar surface area (TPSA) is 51.5 Å². The van der Waals surface area contributed by atoms with Crippen LogP contribution in [0.5, 0.6) is 5.75 Å². The number of hydrogen-bond acceptors (Lipinski definition) is 3. The number of benzene rings is 1. The standard InChI is InChI=1S/C18H14F3NO3/c19-18(20,21)14-5-3-6-16(13-14)25-11-2-1-10-22-17(23)9-8-15-7-4-12-24-15/h3-9,12-13H,10-11H2,(H,22,23). The number of hydrogen-bond donors (Lipinski definition) is 1. The molecule has 2 aromatic rings. The van der Waals surface area contributed by atoms with Crippen molar-refractivity contribution in [2.75, 3.05) is 13.2 Å². The van der Waals surface area contributed by atoms with Crippen molar-refractivity contribution in [2.45, 2.75) is 6.18 Å². The molecule has 0 aliphatic carbocycles. The van der Waals surface area contributed by atoms with E-state index in [4.69, 9.17) is 9.15 Å². The van der Waals surface area contributed by atoms with Gasteiger partial charge in [0.25, 0.3) is 0 Å². The highest BCUT2D eigenvalue weighted by molar-refractivity contribution is 5.91. The fourth-order valence-corrected chi connectivity index (χ4v) is 1.73. The molecule has 0 bridgehead atoms. The molecule has 0 aliphatic rings. The predicted molar refractivity (Wildman–Crippen MR) is 85.5 cm³/mol. The smallest absolute Gasteiger partial charge is 0.416 e. The number of carbonyl (C=O) groups excluding carboxylic acids is 1. The second-order valence-electron chi connectivity index (χ2n) is 4.73. The van der Waals surface area contributed by atoms with Crippen molar-refractivity contribution in [3.8, 4) is 17.6 Å². The third-order valence-corrected chi connectivity index (χ3v) is 2.89. The molecule has 0 fully saturated rings. The van der Waals surface area contributed by atoms with Crippen molar-refractivity contribution >= 4 is 12.0 Å². The van der Waals surface area contributed by atoms with Gasteiger partial charge in [0.15, 0.2) is 0 Å². The molecule has 0 unspecified atom stereocenters. The monoisotopic (exact) mass is 349 g/mol. The Hall–Kier alpha value is -3.14. The summed E-state index contributed by atoms with van der Waals surface area (Å²) in [6.07, 6.45) is -0.106. The molecule has 1 heterocycles. The van der Waals surface area contributed by atoms with E-state index >= 15 is 0 Å². The minimum Gasteiger partial charge on any atom is -0.481 e. The summed E-state index contributed by atoms with van der Waals surface area (Å²) in [4.78, 5) is 11.5. The third kappa shape index (κ3) is 6.47. The molecule has 1 N–H and O–H groups in total. The van der Waals surface area contributed by atoms with Gasteiger partial charge in [-0.05, 0) is 36.4 Å². The third-order valence-electron chi connectivity index (χ3n) is 2.89. The molecule has 25 heavy (non-hydrogen) atoms. The summed E-state index contributed by atoms with van der Waals surface area (Å²) in [7, 11) is 0. The summed E-state index contributed by atoms with van der Waals surface area (Å²) in [5.74, 6) is 5.53. The zero-order valence-electron chi connectivity index (χ0n) is 13.0. The van der Waals surface area contributed by atoms with Crippen LogP contribution in [0.1, 0.15) is 11.3 Å². The lowest BCUT2D eigenvalue weighted by atomic mass is 10.2. The van der Waals surface area contributed by atoms with Gasteiger partial charge < -0.3 is 14.5 Å². The van der Waals surface area contributed by atoms with Crippen molar-refractivity contribution in [1.29, 1.82) is 0 Å². The maximum atomic E-state index is 12.5. The van der Waals surface area contributed by atoms with Crippen molar-refractivity contribution in [2.24, 2.45) is 0 Å². The average molecular weight is 349 g/mol. The summed E-state index contributed by atoms with van der Waals surface area (Å²) in [5.41, 5.74) is -0.784. The van der Waals surface area contributed by atoms with E-state index in [0.717, 1.165) is 12.1 Å². The molecule has 0 spiro atoms. The Bertz CT molecular complexity index is 784. The van der Waals surface area contributed by atoms with Crippen LogP contribution in [0.25, 0.3) is 6.08 Å². The van der Waals surface area contributed by atoms with Crippen molar-refractivity contribution < 1.29 is 27.1 Å². The van der Waals surface area contributed by atoms with E-state index in [1.165, 1.54) is 30.5 Å². The van der Waals surface area contributed by atoms with Crippen LogP contribution in [-0.4, -0.2) is 19.1 Å². The Kier molecular flexibility index (Phi) is 6.29. The molecule has 7 heteroatoms. The molecule has 1 aromatic heterocycles. The second-order valence-corrected chi connectivity index (χ2v) is 4.73. The molecule has 0 aliphatic heterocycles. The lowest BCUT2D eigenvalue weighted by molar-refractivity contribution is -0.137. The maximum Gasteiger partial charge on any atom is 0.416 e. The Morgan fingerprint density at radius 2 is 2.08 bits per heavy atom. The largest absolute Gasteiger partial charge is 0.481 e. The van der Waals surface area contributed by atoms with Gasteiger partial charge in [-0.1, -0.05) is 17.9 Å². The van der Waals surface area contributed by atoms with E-state index in [1.54, 1.807) is 12.1 Å². The summed E-state index contributed by atoms with van der Waals surface area (Å²) in [5, 5.41) is 2.53. The number of ether oxygens (including phenoxy) is 1. The second kappa shape index (κ2) is 8.64. The first-order valence-electron chi connectivity index (χ1n) is 7.20. The van der Waals surface area contributed by atoms with Crippen LogP contribution in [0.4, 0.5) is 13.2 Å². The number of halogens is 3. The predicted octanol–water partition coefficient (Wildman–Crippen LogP) is 3.51. The van der Waals surface area contributed by atoms with Crippen LogP contribution in [0.15, 0.2) is 53.2 Å². The first-order valence-corrected chi connectivity index (χ1v) is 7.20. The Labute approximate surface area is 142 Å². The molecule has 130 valence electrons. The van der Waals surface area contributed by atoms with Gasteiger partial charge in [-0.3, -0.25) is 4.79 Å². The van der Waals surface area contributed by atoms with E-state index in [0.29, 0.717) is 5.76 Å². The summed E-state index contributed by atoms with van der Waals surface area (Å²) in [6, 6.07) is 7.95. The fraction of sp³-hybridized carbons (Fsp3) is 0.167. The summed E-state index contributed by atoms with van der Waals surface area (Å²) in [6.45, 7) is 0.00664. The van der Waals surface area contributed by atoms with Crippen LogP contribution in [0.3, 0.4) is 0 Å². The first-order chi connectivity index (χ1) is 11.9. The van der Waals surface area contributed by atoms with Crippen molar-refractivity contribution in [1.82, 2.24) is 5.32 Å². The van der Waals surface area contributed by atoms with E-state index in [1.807, 2.05) is 0 Å². The zero-order valence-corrected chi connectivity index (χ0v) is 13.0. The highest BCUT2D eigenvalue weighted by Crippen LogP contribution is 2.31. The van der Waals surface area contributed by atoms with Gasteiger partial charge in [0.05, 0.1) is 18.4 Å². The van der Waals surface area contributed by atoms with Gasteiger partial charge in [-0.2, -0.15) is 13.2 Å². The number of amides is 1. The van der Waals surface area contributed by atoms with Crippen LogP contribution in [0, 0.1) is 11.8 Å². The molecule has 1 aromatic carbocycles. The average Bonchev–Trinajstić information content (AvgIpc) is 3.09. The van der Waals surface area contributed by atoms with E-state index in [2.05, 4.69) is 17.2 Å². The molecule has 2 rings (SSSR count). The number of rotatable bonds is 5. The molecule has 1 amide bonds. The highest BCUT2D eigenvalue weighted by Gasteiger charge is 2.30. The zero-order chi connectivity index (χ0) is 18.1. The molecule has 0 radical (unpaired) electrons. The lowest BCUT2D eigenvalue weighted by Gasteiger charge is -2.08. The van der Waals surface area contributed by atoms with E-state index in [9.17, 15) is 18.0 Å². The van der Waals surface area contributed by atoms with Gasteiger partial charge >= 0.3 is 6.18 Å². The molecule has 0 saturated heterocycles. The number of carbonyl (C=O) groups is 1. The van der Waals surface area contributed by atoms with Gasteiger partial charge in [-0.25, -0.2) is 0 Å². The fourth-order valence-electron chi connectivity index (χ4n) is 1.73. The maximum absolute atomic E-state index is 12.5. The number of nitrogens with one attached hydrogen (secondary N) is 1. The minimum absolute atomic E-state index is 0.0783. The Morgan fingerprint density at radius 1 is 1.24 bits per heavy atom. The lowest BCUT2D eigenvalue weighted by Crippen LogP contribution is -2.21. The molecule has 0 atom stereocenters. The van der Waals surface area contributed by atoms with Gasteiger partial charge in [0.2, 0.25) is 5.91 Å². The van der Waals surface area contributed by atoms with Crippen molar-refractivity contribution in [3.63, 3.8) is 0 Å². The van der Waals surface area contributed by atoms with Crippen LogP contribution in [0.2, 0.25) is 0 Å². The highest BCUT2D eigenvalue weighted by atomic mass is 19.4. The van der Waals surface area contributed by atoms with Gasteiger partial charge in [0, 0.05) is 6.08 Å². The molecular formula is C18H14F3NO3. The van der Waals surface area contributed by atoms with E-state index < -0.39 is 11.7 Å². The minimum atomic E-state index is -4.42. The molecular weight excluding hydrogens is 335 g/mol. The Balaban J connectivity index is 1.72.